The largest absolute Gasteiger partial charge is 0.438 e. The Kier molecular flexibility index (Phi) is 5.93. The van der Waals surface area contributed by atoms with Crippen molar-refractivity contribution in [3.05, 3.63) is 0 Å². The van der Waals surface area contributed by atoms with Crippen molar-refractivity contribution in [1.82, 2.24) is 0 Å². The van der Waals surface area contributed by atoms with Gasteiger partial charge in [0.1, 0.15) is 0 Å². The Morgan fingerprint density at radius 1 is 1.11 bits per heavy atom. The quantitative estimate of drug-likeness (QED) is 0.283. The van der Waals surface area contributed by atoms with Gasteiger partial charge in [-0.15, -0.1) is 0 Å². The highest BCUT2D eigenvalue weighted by Gasteiger charge is 2.42. The van der Waals surface area contributed by atoms with Crippen LogP contribution in [-0.2, 0) is 37.4 Å². The second-order valence-electron chi connectivity index (χ2n) is 3.94. The third-order valence-electron chi connectivity index (χ3n) is 2.26. The molecule has 2 atom stereocenters. The summed E-state index contributed by atoms with van der Waals surface area (Å²) >= 11 is 0. The van der Waals surface area contributed by atoms with E-state index < -0.39 is 33.1 Å². The van der Waals surface area contributed by atoms with Gasteiger partial charge in [0.2, 0.25) is 13.6 Å². The minimum absolute atomic E-state index is 0.0106. The number of epoxide rings is 1. The van der Waals surface area contributed by atoms with E-state index in [1.54, 1.807) is 0 Å². The van der Waals surface area contributed by atoms with E-state index in [0.717, 1.165) is 0 Å². The minimum Gasteiger partial charge on any atom is -0.438 e. The number of rotatable bonds is 8. The molecule has 1 aliphatic rings. The van der Waals surface area contributed by atoms with E-state index in [4.69, 9.17) is 13.8 Å². The van der Waals surface area contributed by atoms with Gasteiger partial charge in [0, 0.05) is 13.8 Å². The van der Waals surface area contributed by atoms with Gasteiger partial charge in [0.05, 0.1) is 18.4 Å². The van der Waals surface area contributed by atoms with Crippen LogP contribution in [0.25, 0.3) is 0 Å². The molecule has 2 unspecified atom stereocenters. The highest BCUT2D eigenvalue weighted by molar-refractivity contribution is 7.53. The van der Waals surface area contributed by atoms with Crippen LogP contribution in [0, 0.1) is 0 Å². The molecule has 1 rings (SSSR count). The van der Waals surface area contributed by atoms with Crippen LogP contribution in [0.3, 0.4) is 0 Å². The summed E-state index contributed by atoms with van der Waals surface area (Å²) in [5, 5.41) is 0. The second kappa shape index (κ2) is 7.00. The number of carbonyl (C=O) groups is 2. The Morgan fingerprint density at radius 2 is 1.53 bits per heavy atom. The van der Waals surface area contributed by atoms with Crippen molar-refractivity contribution >= 4 is 19.5 Å². The number of hydrogen-bond donors (Lipinski definition) is 0. The number of esters is 2. The third-order valence-corrected chi connectivity index (χ3v) is 4.07. The van der Waals surface area contributed by atoms with E-state index in [-0.39, 0.29) is 18.4 Å². The first kappa shape index (κ1) is 16.1. The molecule has 0 N–H and O–H groups in total. The minimum atomic E-state index is -3.54. The number of carbonyl (C=O) groups excluding carboxylic acids is 2. The Balaban J connectivity index is 2.43. The molecule has 0 bridgehead atoms. The van der Waals surface area contributed by atoms with Crippen molar-refractivity contribution in [3.63, 3.8) is 0 Å². The molecule has 1 heterocycles. The van der Waals surface area contributed by atoms with Gasteiger partial charge in [0.25, 0.3) is 0 Å². The molecule has 9 heteroatoms. The summed E-state index contributed by atoms with van der Waals surface area (Å²) in [6.45, 7) is 3.22. The van der Waals surface area contributed by atoms with Gasteiger partial charge < -0.3 is 14.2 Å². The van der Waals surface area contributed by atoms with Gasteiger partial charge >= 0.3 is 19.5 Å². The number of hydrogen-bond acceptors (Lipinski definition) is 8. The lowest BCUT2D eigenvalue weighted by Crippen LogP contribution is -2.12. The Hall–Kier alpha value is -0.950. The fourth-order valence-corrected chi connectivity index (χ4v) is 2.70. The van der Waals surface area contributed by atoms with Crippen LogP contribution in [0.4, 0.5) is 0 Å². The lowest BCUT2D eigenvalue weighted by atomic mass is 10.4. The Bertz CT molecular complexity index is 358. The van der Waals surface area contributed by atoms with Crippen LogP contribution in [0.15, 0.2) is 0 Å². The summed E-state index contributed by atoms with van der Waals surface area (Å²) in [4.78, 5) is 21.2. The zero-order valence-corrected chi connectivity index (χ0v) is 11.9. The van der Waals surface area contributed by atoms with Gasteiger partial charge in [-0.1, -0.05) is 0 Å². The first-order valence-corrected chi connectivity index (χ1v) is 7.35. The van der Waals surface area contributed by atoms with Crippen LogP contribution in [0.1, 0.15) is 20.8 Å². The van der Waals surface area contributed by atoms with Crippen LogP contribution >= 0.6 is 7.60 Å². The maximum atomic E-state index is 12.3. The maximum absolute atomic E-state index is 12.3. The summed E-state index contributed by atoms with van der Waals surface area (Å²) in [6, 6.07) is 0. The zero-order chi connectivity index (χ0) is 14.5. The molecule has 0 radical (unpaired) electrons. The van der Waals surface area contributed by atoms with Crippen LogP contribution in [0.2, 0.25) is 0 Å². The van der Waals surface area contributed by atoms with Crippen molar-refractivity contribution in [3.8, 4) is 0 Å². The Labute approximate surface area is 110 Å². The molecule has 1 fully saturated rings. The third kappa shape index (κ3) is 6.68. The van der Waals surface area contributed by atoms with Gasteiger partial charge in [-0.2, -0.15) is 0 Å². The lowest BCUT2D eigenvalue weighted by molar-refractivity contribution is -0.149. The van der Waals surface area contributed by atoms with E-state index in [0.29, 0.717) is 0 Å². The van der Waals surface area contributed by atoms with E-state index in [1.165, 1.54) is 13.8 Å². The van der Waals surface area contributed by atoms with Gasteiger partial charge in [-0.3, -0.25) is 23.2 Å². The molecule has 0 aromatic rings. The summed E-state index contributed by atoms with van der Waals surface area (Å²) < 4.78 is 36.3. The second-order valence-corrected chi connectivity index (χ2v) is 6.04. The summed E-state index contributed by atoms with van der Waals surface area (Å²) in [5.41, 5.74) is 0. The first-order chi connectivity index (χ1) is 8.82. The molecule has 0 saturated carbocycles. The molecular weight excluding hydrogens is 279 g/mol. The van der Waals surface area contributed by atoms with Crippen molar-refractivity contribution in [2.45, 2.75) is 33.0 Å². The average molecular weight is 296 g/mol. The Morgan fingerprint density at radius 3 is 1.84 bits per heavy atom. The van der Waals surface area contributed by atoms with Crippen molar-refractivity contribution in [1.29, 1.82) is 0 Å². The predicted molar refractivity (Wildman–Crippen MR) is 62.2 cm³/mol. The predicted octanol–water partition coefficient (Wildman–Crippen LogP) is 1.04. The fraction of sp³-hybridized carbons (Fsp3) is 0.800. The van der Waals surface area contributed by atoms with Gasteiger partial charge in [-0.25, -0.2) is 0 Å². The standard InChI is InChI=1S/C10H17O8P/c1-7-10(18-7)4-19(13,16-5-14-8(2)11)17-6-15-9(3)12/h7,10H,4-6H2,1-3H3. The smallest absolute Gasteiger partial charge is 0.339 e. The van der Waals surface area contributed by atoms with Crippen LogP contribution < -0.4 is 0 Å². The van der Waals surface area contributed by atoms with Crippen molar-refractivity contribution in [2.24, 2.45) is 0 Å². The molecular formula is C10H17O8P. The summed E-state index contributed by atoms with van der Waals surface area (Å²) in [6.07, 6.45) is -0.250. The fourth-order valence-electron chi connectivity index (χ4n) is 1.16. The van der Waals surface area contributed by atoms with Crippen molar-refractivity contribution in [2.75, 3.05) is 19.7 Å². The topological polar surface area (TPSA) is 101 Å². The molecule has 1 saturated heterocycles. The maximum Gasteiger partial charge on any atom is 0.339 e. The van der Waals surface area contributed by atoms with Crippen LogP contribution in [-0.4, -0.2) is 43.9 Å². The molecule has 0 aromatic heterocycles. The molecule has 8 nitrogen and oxygen atoms in total. The summed E-state index contributed by atoms with van der Waals surface area (Å²) in [5.74, 6) is -1.13. The van der Waals surface area contributed by atoms with E-state index >= 15 is 0 Å². The average Bonchev–Trinajstić information content (AvgIpc) is 2.92. The highest BCUT2D eigenvalue weighted by atomic mass is 31.2. The highest BCUT2D eigenvalue weighted by Crippen LogP contribution is 2.51. The van der Waals surface area contributed by atoms with E-state index in [9.17, 15) is 14.2 Å². The lowest BCUT2D eigenvalue weighted by Gasteiger charge is -2.17. The van der Waals surface area contributed by atoms with Gasteiger partial charge in [-0.05, 0) is 6.92 Å². The van der Waals surface area contributed by atoms with Crippen LogP contribution in [0.5, 0.6) is 0 Å². The molecule has 0 amide bonds. The molecule has 110 valence electrons. The monoisotopic (exact) mass is 296 g/mol. The SMILES string of the molecule is CC(=O)OCOP(=O)(CC1OC1C)OCOC(C)=O. The molecule has 0 aliphatic carbocycles. The normalized spacial score (nSPS) is 21.8. The van der Waals surface area contributed by atoms with Gasteiger partial charge in [0.15, 0.2) is 0 Å². The van der Waals surface area contributed by atoms with E-state index in [2.05, 4.69) is 9.47 Å². The van der Waals surface area contributed by atoms with E-state index in [1.807, 2.05) is 6.92 Å². The molecule has 1 aliphatic heterocycles. The first-order valence-electron chi connectivity index (χ1n) is 5.63. The number of ether oxygens (including phenoxy) is 3. The molecule has 19 heavy (non-hydrogen) atoms. The molecule has 0 spiro atoms. The summed E-state index contributed by atoms with van der Waals surface area (Å²) in [7, 11) is -3.54. The zero-order valence-electron chi connectivity index (χ0n) is 11.0. The molecule has 0 aromatic carbocycles. The van der Waals surface area contributed by atoms with Crippen molar-refractivity contribution < 1.29 is 37.4 Å².